The van der Waals surface area contributed by atoms with Crippen LogP contribution in [0.25, 0.3) is 0 Å². The van der Waals surface area contributed by atoms with Gasteiger partial charge in [-0.2, -0.15) is 0 Å². The number of ether oxygens (including phenoxy) is 1. The standard InChI is InChI=1S/C10H22N2O2/c1-5-14-8-6-7-11-9(2)10(13)12(3)4/h9,11H,5-8H2,1-4H3. The largest absolute Gasteiger partial charge is 0.382 e. The van der Waals surface area contributed by atoms with Gasteiger partial charge in [0.15, 0.2) is 0 Å². The molecule has 84 valence electrons. The van der Waals surface area contributed by atoms with E-state index in [4.69, 9.17) is 4.74 Å². The number of hydrogen-bond donors (Lipinski definition) is 1. The number of amides is 1. The van der Waals surface area contributed by atoms with Gasteiger partial charge in [0.25, 0.3) is 0 Å². The van der Waals surface area contributed by atoms with Crippen LogP contribution in [0.3, 0.4) is 0 Å². The van der Waals surface area contributed by atoms with Gasteiger partial charge in [0.1, 0.15) is 0 Å². The fraction of sp³-hybridized carbons (Fsp3) is 0.900. The first-order chi connectivity index (χ1) is 6.59. The van der Waals surface area contributed by atoms with E-state index in [1.54, 1.807) is 19.0 Å². The zero-order chi connectivity index (χ0) is 11.0. The summed E-state index contributed by atoms with van der Waals surface area (Å²) < 4.78 is 5.19. The molecule has 1 atom stereocenters. The van der Waals surface area contributed by atoms with Gasteiger partial charge in [-0.1, -0.05) is 0 Å². The quantitative estimate of drug-likeness (QED) is 0.611. The summed E-state index contributed by atoms with van der Waals surface area (Å²) in [6, 6.07) is -0.105. The molecule has 0 aliphatic rings. The fourth-order valence-electron chi connectivity index (χ4n) is 1.11. The molecule has 0 spiro atoms. The molecule has 0 bridgehead atoms. The molecule has 1 amide bonds. The third-order valence-electron chi connectivity index (χ3n) is 1.93. The van der Waals surface area contributed by atoms with E-state index in [0.29, 0.717) is 0 Å². The molecule has 0 fully saturated rings. The second-order valence-corrected chi connectivity index (χ2v) is 3.46. The van der Waals surface area contributed by atoms with Crippen LogP contribution in [0, 0.1) is 0 Å². The van der Waals surface area contributed by atoms with Gasteiger partial charge in [0.05, 0.1) is 6.04 Å². The Bertz CT molecular complexity index is 160. The molecule has 4 nitrogen and oxygen atoms in total. The molecule has 0 aliphatic carbocycles. The molecule has 0 aromatic rings. The summed E-state index contributed by atoms with van der Waals surface area (Å²) in [6.07, 6.45) is 0.943. The van der Waals surface area contributed by atoms with Crippen molar-refractivity contribution < 1.29 is 9.53 Å². The highest BCUT2D eigenvalue weighted by molar-refractivity contribution is 5.80. The molecule has 0 aromatic carbocycles. The zero-order valence-corrected chi connectivity index (χ0v) is 9.67. The van der Waals surface area contributed by atoms with Crippen molar-refractivity contribution in [3.8, 4) is 0 Å². The normalized spacial score (nSPS) is 12.6. The lowest BCUT2D eigenvalue weighted by Gasteiger charge is -2.17. The molecule has 4 heteroatoms. The lowest BCUT2D eigenvalue weighted by molar-refractivity contribution is -0.130. The predicted octanol–water partition coefficient (Wildman–Crippen LogP) is 0.479. The Morgan fingerprint density at radius 1 is 1.50 bits per heavy atom. The van der Waals surface area contributed by atoms with E-state index in [-0.39, 0.29) is 11.9 Å². The van der Waals surface area contributed by atoms with E-state index in [9.17, 15) is 4.79 Å². The maximum atomic E-state index is 11.4. The summed E-state index contributed by atoms with van der Waals surface area (Å²) in [5.74, 6) is 0.112. The molecule has 0 aromatic heterocycles. The summed E-state index contributed by atoms with van der Waals surface area (Å²) >= 11 is 0. The lowest BCUT2D eigenvalue weighted by atomic mass is 10.3. The number of hydrogen-bond acceptors (Lipinski definition) is 3. The van der Waals surface area contributed by atoms with Crippen LogP contribution in [0.4, 0.5) is 0 Å². The van der Waals surface area contributed by atoms with Crippen molar-refractivity contribution in [2.45, 2.75) is 26.3 Å². The molecule has 0 saturated carbocycles. The molecule has 1 unspecified atom stereocenters. The first-order valence-electron chi connectivity index (χ1n) is 5.11. The molecule has 0 radical (unpaired) electrons. The maximum Gasteiger partial charge on any atom is 0.238 e. The Hall–Kier alpha value is -0.610. The Labute approximate surface area is 86.6 Å². The molecular formula is C10H22N2O2. The van der Waals surface area contributed by atoms with E-state index < -0.39 is 0 Å². The minimum Gasteiger partial charge on any atom is -0.382 e. The number of carbonyl (C=O) groups excluding carboxylic acids is 1. The van der Waals surface area contributed by atoms with Gasteiger partial charge in [-0.25, -0.2) is 0 Å². The second kappa shape index (κ2) is 7.76. The van der Waals surface area contributed by atoms with Crippen molar-refractivity contribution in [3.05, 3.63) is 0 Å². The van der Waals surface area contributed by atoms with Gasteiger partial charge < -0.3 is 15.0 Å². The number of rotatable bonds is 7. The van der Waals surface area contributed by atoms with Gasteiger partial charge in [-0.3, -0.25) is 4.79 Å². The molecule has 0 rings (SSSR count). The first-order valence-corrected chi connectivity index (χ1v) is 5.11. The smallest absolute Gasteiger partial charge is 0.238 e. The summed E-state index contributed by atoms with van der Waals surface area (Å²) in [5, 5.41) is 3.15. The van der Waals surface area contributed by atoms with E-state index in [1.807, 2.05) is 13.8 Å². The monoisotopic (exact) mass is 202 g/mol. The number of likely N-dealkylation sites (N-methyl/N-ethyl adjacent to an activating group) is 1. The van der Waals surface area contributed by atoms with Gasteiger partial charge in [0, 0.05) is 27.3 Å². The average molecular weight is 202 g/mol. The molecular weight excluding hydrogens is 180 g/mol. The highest BCUT2D eigenvalue weighted by Crippen LogP contribution is 1.89. The van der Waals surface area contributed by atoms with Crippen LogP contribution >= 0.6 is 0 Å². The Balaban J connectivity index is 3.44. The van der Waals surface area contributed by atoms with Crippen LogP contribution in [0.2, 0.25) is 0 Å². The minimum atomic E-state index is -0.105. The molecule has 14 heavy (non-hydrogen) atoms. The Morgan fingerprint density at radius 2 is 2.14 bits per heavy atom. The van der Waals surface area contributed by atoms with Crippen LogP contribution in [-0.2, 0) is 9.53 Å². The first kappa shape index (κ1) is 13.4. The van der Waals surface area contributed by atoms with E-state index in [2.05, 4.69) is 5.32 Å². The average Bonchev–Trinajstić information content (AvgIpc) is 2.16. The van der Waals surface area contributed by atoms with Crippen molar-refractivity contribution in [3.63, 3.8) is 0 Å². The summed E-state index contributed by atoms with van der Waals surface area (Å²) in [6.45, 7) is 6.19. The van der Waals surface area contributed by atoms with E-state index >= 15 is 0 Å². The van der Waals surface area contributed by atoms with Crippen LogP contribution in [-0.4, -0.2) is 50.7 Å². The van der Waals surface area contributed by atoms with Crippen LogP contribution in [0.1, 0.15) is 20.3 Å². The topological polar surface area (TPSA) is 41.6 Å². The molecule has 0 aliphatic heterocycles. The lowest BCUT2D eigenvalue weighted by Crippen LogP contribution is -2.41. The predicted molar refractivity (Wildman–Crippen MR) is 57.3 cm³/mol. The number of carbonyl (C=O) groups is 1. The summed E-state index contributed by atoms with van der Waals surface area (Å²) in [5.41, 5.74) is 0. The van der Waals surface area contributed by atoms with Gasteiger partial charge in [-0.05, 0) is 26.8 Å². The van der Waals surface area contributed by atoms with Crippen LogP contribution < -0.4 is 5.32 Å². The highest BCUT2D eigenvalue weighted by Gasteiger charge is 2.12. The Morgan fingerprint density at radius 3 is 2.64 bits per heavy atom. The van der Waals surface area contributed by atoms with Crippen molar-refractivity contribution in [1.82, 2.24) is 10.2 Å². The van der Waals surface area contributed by atoms with Crippen molar-refractivity contribution in [1.29, 1.82) is 0 Å². The maximum absolute atomic E-state index is 11.4. The van der Waals surface area contributed by atoms with Gasteiger partial charge in [-0.15, -0.1) is 0 Å². The van der Waals surface area contributed by atoms with Crippen molar-refractivity contribution in [2.75, 3.05) is 33.9 Å². The van der Waals surface area contributed by atoms with Crippen molar-refractivity contribution in [2.24, 2.45) is 0 Å². The number of nitrogens with one attached hydrogen (secondary N) is 1. The Kier molecular flexibility index (Phi) is 7.42. The van der Waals surface area contributed by atoms with Crippen LogP contribution in [0.15, 0.2) is 0 Å². The van der Waals surface area contributed by atoms with E-state index in [0.717, 1.165) is 26.2 Å². The molecule has 1 N–H and O–H groups in total. The van der Waals surface area contributed by atoms with Crippen molar-refractivity contribution >= 4 is 5.91 Å². The third kappa shape index (κ3) is 5.94. The second-order valence-electron chi connectivity index (χ2n) is 3.46. The SMILES string of the molecule is CCOCCCNC(C)C(=O)N(C)C. The summed E-state index contributed by atoms with van der Waals surface area (Å²) in [7, 11) is 3.53. The zero-order valence-electron chi connectivity index (χ0n) is 9.67. The third-order valence-corrected chi connectivity index (χ3v) is 1.93. The van der Waals surface area contributed by atoms with E-state index in [1.165, 1.54) is 0 Å². The molecule has 0 saturated heterocycles. The van der Waals surface area contributed by atoms with Gasteiger partial charge in [0.2, 0.25) is 5.91 Å². The minimum absolute atomic E-state index is 0.105. The van der Waals surface area contributed by atoms with Crippen LogP contribution in [0.5, 0.6) is 0 Å². The summed E-state index contributed by atoms with van der Waals surface area (Å²) in [4.78, 5) is 13.0. The molecule has 0 heterocycles. The fourth-order valence-corrected chi connectivity index (χ4v) is 1.11. The number of nitrogens with zero attached hydrogens (tertiary/aromatic N) is 1. The highest BCUT2D eigenvalue weighted by atomic mass is 16.5. The van der Waals surface area contributed by atoms with Gasteiger partial charge >= 0.3 is 0 Å².